The summed E-state index contributed by atoms with van der Waals surface area (Å²) in [5.41, 5.74) is 3.93. The Balaban J connectivity index is 0.992. The number of amides is 3. The zero-order valence-electron chi connectivity index (χ0n) is 22.4. The van der Waals surface area contributed by atoms with Crippen molar-refractivity contribution in [2.24, 2.45) is 0 Å². The Morgan fingerprint density at radius 2 is 1.77 bits per heavy atom. The summed E-state index contributed by atoms with van der Waals surface area (Å²) in [5, 5.41) is 6.68. The molecule has 1 aromatic heterocycles. The summed E-state index contributed by atoms with van der Waals surface area (Å²) < 4.78 is 8.47. The number of ether oxygens (including phenoxy) is 1. The van der Waals surface area contributed by atoms with Gasteiger partial charge < -0.3 is 9.64 Å². The zero-order chi connectivity index (χ0) is 27.2. The smallest absolute Gasteiger partial charge is 0.255 e. The third-order valence-electron chi connectivity index (χ3n) is 8.96. The van der Waals surface area contributed by atoms with Gasteiger partial charge in [0.1, 0.15) is 17.9 Å². The maximum Gasteiger partial charge on any atom is 0.255 e. The predicted octanol–water partition coefficient (Wildman–Crippen LogP) is 3.42. The van der Waals surface area contributed by atoms with Crippen molar-refractivity contribution in [2.75, 3.05) is 13.1 Å². The van der Waals surface area contributed by atoms with Crippen LogP contribution in [0, 0.1) is 0 Å². The summed E-state index contributed by atoms with van der Waals surface area (Å²) in [7, 11) is 0. The average molecular weight is 540 g/mol. The van der Waals surface area contributed by atoms with E-state index in [1.807, 2.05) is 35.1 Å². The van der Waals surface area contributed by atoms with Gasteiger partial charge in [-0.15, -0.1) is 0 Å². The molecule has 1 saturated carbocycles. The van der Waals surface area contributed by atoms with Crippen LogP contribution in [0.1, 0.15) is 65.9 Å². The number of piperidine rings is 1. The van der Waals surface area contributed by atoms with Crippen molar-refractivity contribution in [1.29, 1.82) is 0 Å². The van der Waals surface area contributed by atoms with Crippen LogP contribution >= 0.6 is 0 Å². The minimum atomic E-state index is -0.606. The molecule has 0 radical (unpaired) electrons. The number of rotatable bonds is 6. The van der Waals surface area contributed by atoms with E-state index in [0.717, 1.165) is 49.4 Å². The van der Waals surface area contributed by atoms with Crippen molar-refractivity contribution in [2.45, 2.75) is 69.2 Å². The molecule has 3 amide bonds. The van der Waals surface area contributed by atoms with Crippen molar-refractivity contribution in [3.8, 4) is 11.4 Å². The highest BCUT2D eigenvalue weighted by molar-refractivity contribution is 6.05. The Morgan fingerprint density at radius 3 is 2.55 bits per heavy atom. The van der Waals surface area contributed by atoms with Gasteiger partial charge in [-0.1, -0.05) is 18.6 Å². The van der Waals surface area contributed by atoms with E-state index in [0.29, 0.717) is 30.5 Å². The molecule has 3 atom stereocenters. The highest BCUT2D eigenvalue weighted by atomic mass is 16.5. The summed E-state index contributed by atoms with van der Waals surface area (Å²) >= 11 is 0. The third-order valence-corrected chi connectivity index (χ3v) is 8.96. The van der Waals surface area contributed by atoms with E-state index in [9.17, 15) is 14.4 Å². The number of nitrogens with zero attached hydrogens (tertiary/aromatic N) is 4. The fraction of sp³-hybridized carbons (Fsp3) is 0.419. The van der Waals surface area contributed by atoms with E-state index >= 15 is 0 Å². The second-order valence-corrected chi connectivity index (χ2v) is 11.4. The Hall–Kier alpha value is -3.98. The average Bonchev–Trinajstić information content (AvgIpc) is 3.58. The Morgan fingerprint density at radius 1 is 0.950 bits per heavy atom. The number of hydrogen-bond donors (Lipinski definition) is 1. The number of carbonyl (C=O) groups is 3. The number of benzene rings is 2. The van der Waals surface area contributed by atoms with Crippen LogP contribution in [-0.2, 0) is 16.1 Å². The first-order chi connectivity index (χ1) is 19.5. The molecule has 0 spiro atoms. The van der Waals surface area contributed by atoms with Crippen LogP contribution in [0.15, 0.2) is 60.9 Å². The lowest BCUT2D eigenvalue weighted by atomic mass is 9.84. The van der Waals surface area contributed by atoms with Gasteiger partial charge in [0.25, 0.3) is 5.91 Å². The van der Waals surface area contributed by atoms with E-state index in [4.69, 9.17) is 4.74 Å². The normalized spacial score (nSPS) is 25.4. The van der Waals surface area contributed by atoms with Crippen molar-refractivity contribution in [3.05, 3.63) is 77.6 Å². The largest absolute Gasteiger partial charge is 0.489 e. The van der Waals surface area contributed by atoms with E-state index < -0.39 is 6.04 Å². The van der Waals surface area contributed by atoms with Crippen molar-refractivity contribution >= 4 is 17.7 Å². The van der Waals surface area contributed by atoms with Crippen LogP contribution < -0.4 is 10.1 Å². The highest BCUT2D eigenvalue weighted by Gasteiger charge is 2.41. The van der Waals surface area contributed by atoms with E-state index in [2.05, 4.69) is 39.6 Å². The van der Waals surface area contributed by atoms with Crippen molar-refractivity contribution in [1.82, 2.24) is 24.9 Å². The van der Waals surface area contributed by atoms with Gasteiger partial charge in [-0.05, 0) is 73.2 Å². The topological polar surface area (TPSA) is 96.8 Å². The number of imide groups is 1. The predicted molar refractivity (Wildman–Crippen MR) is 147 cm³/mol. The molecule has 206 valence electrons. The van der Waals surface area contributed by atoms with E-state index in [1.54, 1.807) is 11.1 Å². The van der Waals surface area contributed by atoms with Gasteiger partial charge in [-0.2, -0.15) is 5.10 Å². The molecule has 3 fully saturated rings. The molecule has 4 heterocycles. The van der Waals surface area contributed by atoms with Crippen LogP contribution in [0.3, 0.4) is 0 Å². The monoisotopic (exact) mass is 539 g/mol. The number of hydrogen-bond acceptors (Lipinski definition) is 6. The zero-order valence-corrected chi connectivity index (χ0v) is 22.4. The lowest BCUT2D eigenvalue weighted by Gasteiger charge is -2.48. The van der Waals surface area contributed by atoms with Gasteiger partial charge in [0, 0.05) is 56.0 Å². The summed E-state index contributed by atoms with van der Waals surface area (Å²) in [4.78, 5) is 41.1. The number of nitrogens with one attached hydrogen (secondary N) is 1. The van der Waals surface area contributed by atoms with Gasteiger partial charge in [0.05, 0.1) is 5.69 Å². The quantitative estimate of drug-likeness (QED) is 0.483. The molecule has 4 aliphatic rings. The summed E-state index contributed by atoms with van der Waals surface area (Å²) in [6.07, 6.45) is 8.98. The molecular weight excluding hydrogens is 506 g/mol. The second-order valence-electron chi connectivity index (χ2n) is 11.4. The van der Waals surface area contributed by atoms with Crippen LogP contribution in [-0.4, -0.2) is 68.6 Å². The van der Waals surface area contributed by atoms with Crippen LogP contribution in [0.2, 0.25) is 0 Å². The maximum absolute atomic E-state index is 13.0. The Bertz CT molecular complexity index is 1430. The summed E-state index contributed by atoms with van der Waals surface area (Å²) in [6.45, 7) is 2.43. The van der Waals surface area contributed by atoms with Gasteiger partial charge in [0.2, 0.25) is 11.8 Å². The van der Waals surface area contributed by atoms with E-state index in [-0.39, 0.29) is 30.2 Å². The summed E-state index contributed by atoms with van der Waals surface area (Å²) in [5.74, 6) is 0.481. The molecule has 0 bridgehead atoms. The number of carbonyl (C=O) groups excluding carboxylic acids is 3. The molecule has 9 heteroatoms. The molecule has 3 aliphatic heterocycles. The first kappa shape index (κ1) is 25.0. The molecule has 2 aromatic carbocycles. The number of likely N-dealkylation sites (tertiary alicyclic amines) is 1. The first-order valence-electron chi connectivity index (χ1n) is 14.3. The fourth-order valence-corrected chi connectivity index (χ4v) is 6.75. The minimum absolute atomic E-state index is 0.110. The van der Waals surface area contributed by atoms with Gasteiger partial charge >= 0.3 is 0 Å². The maximum atomic E-state index is 13.0. The first-order valence-corrected chi connectivity index (χ1v) is 14.3. The van der Waals surface area contributed by atoms with Gasteiger partial charge in [-0.25, -0.2) is 4.68 Å². The molecule has 1 unspecified atom stereocenters. The van der Waals surface area contributed by atoms with E-state index in [1.165, 1.54) is 12.0 Å². The van der Waals surface area contributed by atoms with Crippen LogP contribution in [0.4, 0.5) is 0 Å². The SMILES string of the molecule is O=C1CCC(N2Cc3cc(O[C@@H]4CCCC[C@H]4N4CC(c5ccc(-n6cccn6)cc5)C4)ccc3C2=O)C(=O)N1. The molecule has 1 aliphatic carbocycles. The molecule has 40 heavy (non-hydrogen) atoms. The Kier molecular flexibility index (Phi) is 6.38. The molecule has 1 N–H and O–H groups in total. The standard InChI is InChI=1S/C31H33N5O4/c37-29-13-12-27(30(38)33-29)35-19-21-16-24(10-11-25(21)31(35)39)40-28-5-2-1-4-26(28)34-17-22(18-34)20-6-8-23(9-7-20)36-15-3-14-32-36/h3,6-11,14-16,22,26-28H,1-2,4-5,12-13,17-19H2,(H,33,37,38)/t26-,27?,28-/m1/s1. The highest BCUT2D eigenvalue weighted by Crippen LogP contribution is 2.37. The number of aromatic nitrogens is 2. The lowest BCUT2D eigenvalue weighted by Crippen LogP contribution is -2.57. The lowest BCUT2D eigenvalue weighted by molar-refractivity contribution is -0.136. The summed E-state index contributed by atoms with van der Waals surface area (Å²) in [6, 6.07) is 16.1. The number of fused-ring (bicyclic) bond motifs is 1. The fourth-order valence-electron chi connectivity index (χ4n) is 6.75. The minimum Gasteiger partial charge on any atom is -0.489 e. The van der Waals surface area contributed by atoms with Gasteiger partial charge in [-0.3, -0.25) is 24.6 Å². The molecule has 7 rings (SSSR count). The van der Waals surface area contributed by atoms with Crippen LogP contribution in [0.5, 0.6) is 5.75 Å². The Labute approximate surface area is 233 Å². The molecule has 9 nitrogen and oxygen atoms in total. The molecule has 2 saturated heterocycles. The van der Waals surface area contributed by atoms with Crippen molar-refractivity contribution < 1.29 is 19.1 Å². The molecular formula is C31H33N5O4. The van der Waals surface area contributed by atoms with Crippen LogP contribution in [0.25, 0.3) is 5.69 Å². The molecule has 3 aromatic rings. The second kappa shape index (κ2) is 10.2. The third kappa shape index (κ3) is 4.58. The van der Waals surface area contributed by atoms with Crippen molar-refractivity contribution in [3.63, 3.8) is 0 Å². The van der Waals surface area contributed by atoms with Gasteiger partial charge in [0.15, 0.2) is 0 Å².